The molecule has 0 saturated heterocycles. The molecule has 1 amide bonds. The first kappa shape index (κ1) is 13.8. The molecular formula is C15H23N3O. The predicted molar refractivity (Wildman–Crippen MR) is 77.0 cm³/mol. The highest BCUT2D eigenvalue weighted by molar-refractivity contribution is 5.98. The quantitative estimate of drug-likeness (QED) is 0.856. The van der Waals surface area contributed by atoms with Gasteiger partial charge in [0.15, 0.2) is 0 Å². The van der Waals surface area contributed by atoms with E-state index in [-0.39, 0.29) is 0 Å². The van der Waals surface area contributed by atoms with E-state index in [2.05, 4.69) is 17.2 Å². The van der Waals surface area contributed by atoms with E-state index in [4.69, 9.17) is 5.73 Å². The van der Waals surface area contributed by atoms with Crippen molar-refractivity contribution >= 4 is 11.6 Å². The van der Waals surface area contributed by atoms with Crippen molar-refractivity contribution in [1.29, 1.82) is 0 Å². The summed E-state index contributed by atoms with van der Waals surface area (Å²) in [7, 11) is 0. The number of carbonyl (C=O) groups is 1. The molecule has 104 valence electrons. The van der Waals surface area contributed by atoms with E-state index in [1.54, 1.807) is 6.20 Å². The van der Waals surface area contributed by atoms with Gasteiger partial charge in [0.1, 0.15) is 0 Å². The monoisotopic (exact) mass is 261 g/mol. The highest BCUT2D eigenvalue weighted by Gasteiger charge is 2.21. The van der Waals surface area contributed by atoms with Gasteiger partial charge in [-0.1, -0.05) is 19.8 Å². The van der Waals surface area contributed by atoms with Crippen LogP contribution >= 0.6 is 0 Å². The third kappa shape index (κ3) is 3.69. The van der Waals surface area contributed by atoms with Crippen molar-refractivity contribution in [3.8, 4) is 0 Å². The second-order valence-corrected chi connectivity index (χ2v) is 5.44. The molecule has 4 heteroatoms. The lowest BCUT2D eigenvalue weighted by atomic mass is 9.83. The summed E-state index contributed by atoms with van der Waals surface area (Å²) in [6, 6.07) is 2.28. The summed E-state index contributed by atoms with van der Waals surface area (Å²) in [5.74, 6) is 0.464. The Labute approximate surface area is 114 Å². The molecule has 0 unspecified atom stereocenters. The summed E-state index contributed by atoms with van der Waals surface area (Å²) in [6.45, 7) is 2.25. The number of nitrogens with one attached hydrogen (secondary N) is 1. The maximum absolute atomic E-state index is 11.3. The maximum atomic E-state index is 11.3. The Balaban J connectivity index is 1.94. The molecular weight excluding hydrogens is 238 g/mol. The van der Waals surface area contributed by atoms with E-state index in [0.717, 1.165) is 11.6 Å². The molecule has 0 radical (unpaired) electrons. The molecule has 3 N–H and O–H groups in total. The molecule has 0 spiro atoms. The molecule has 0 atom stereocenters. The summed E-state index contributed by atoms with van der Waals surface area (Å²) in [6.07, 6.45) is 10.7. The molecule has 1 aliphatic rings. The summed E-state index contributed by atoms with van der Waals surface area (Å²) in [5.41, 5.74) is 6.67. The minimum atomic E-state index is -0.421. The minimum Gasteiger partial charge on any atom is -0.382 e. The van der Waals surface area contributed by atoms with Crippen LogP contribution in [0.25, 0.3) is 0 Å². The SMILES string of the molecule is CCCC1CCC(Nc2ccncc2C(N)=O)CC1. The number of nitrogens with two attached hydrogens (primary N) is 1. The van der Waals surface area contributed by atoms with Crippen LogP contribution in [0.1, 0.15) is 55.8 Å². The molecule has 2 rings (SSSR count). The fourth-order valence-corrected chi connectivity index (χ4v) is 2.94. The highest BCUT2D eigenvalue weighted by Crippen LogP contribution is 2.29. The molecule has 1 heterocycles. The summed E-state index contributed by atoms with van der Waals surface area (Å²) in [5, 5.41) is 3.45. The van der Waals surface area contributed by atoms with Crippen molar-refractivity contribution in [2.24, 2.45) is 11.7 Å². The third-order valence-electron chi connectivity index (χ3n) is 3.99. The van der Waals surface area contributed by atoms with Crippen molar-refractivity contribution in [2.75, 3.05) is 5.32 Å². The minimum absolute atomic E-state index is 0.421. The first-order valence-electron chi connectivity index (χ1n) is 7.21. The number of carbonyl (C=O) groups excluding carboxylic acids is 1. The zero-order valence-electron chi connectivity index (χ0n) is 11.6. The van der Waals surface area contributed by atoms with Gasteiger partial charge in [-0.2, -0.15) is 0 Å². The fourth-order valence-electron chi connectivity index (χ4n) is 2.94. The van der Waals surface area contributed by atoms with Gasteiger partial charge in [0.05, 0.1) is 11.3 Å². The molecule has 1 fully saturated rings. The zero-order chi connectivity index (χ0) is 13.7. The third-order valence-corrected chi connectivity index (χ3v) is 3.99. The van der Waals surface area contributed by atoms with Gasteiger partial charge in [-0.15, -0.1) is 0 Å². The van der Waals surface area contributed by atoms with Crippen molar-refractivity contribution in [1.82, 2.24) is 4.98 Å². The lowest BCUT2D eigenvalue weighted by Gasteiger charge is -2.30. The standard InChI is InChI=1S/C15H23N3O/c1-2-3-11-4-6-12(7-5-11)18-14-8-9-17-10-13(14)15(16)19/h8-12H,2-7H2,1H3,(H2,16,19)(H,17,18). The van der Waals surface area contributed by atoms with Crippen molar-refractivity contribution in [3.05, 3.63) is 24.0 Å². The first-order valence-corrected chi connectivity index (χ1v) is 7.21. The number of pyridine rings is 1. The number of rotatable bonds is 5. The van der Waals surface area contributed by atoms with E-state index < -0.39 is 5.91 Å². The average Bonchev–Trinajstić information content (AvgIpc) is 2.42. The molecule has 1 aliphatic carbocycles. The van der Waals surface area contributed by atoms with Crippen LogP contribution in [0, 0.1) is 5.92 Å². The van der Waals surface area contributed by atoms with Crippen LogP contribution in [0.3, 0.4) is 0 Å². The number of hydrogen-bond donors (Lipinski definition) is 2. The van der Waals surface area contributed by atoms with Gasteiger partial charge in [-0.3, -0.25) is 9.78 Å². The molecule has 19 heavy (non-hydrogen) atoms. The Bertz CT molecular complexity index is 425. The lowest BCUT2D eigenvalue weighted by molar-refractivity contribution is 0.100. The molecule has 0 aliphatic heterocycles. The Morgan fingerprint density at radius 1 is 1.42 bits per heavy atom. The number of nitrogens with zero attached hydrogens (tertiary/aromatic N) is 1. The molecule has 1 saturated carbocycles. The maximum Gasteiger partial charge on any atom is 0.252 e. The number of primary amides is 1. The van der Waals surface area contributed by atoms with E-state index in [9.17, 15) is 4.79 Å². The van der Waals surface area contributed by atoms with Gasteiger partial charge in [-0.05, 0) is 37.7 Å². The van der Waals surface area contributed by atoms with Crippen LogP contribution in [0.5, 0.6) is 0 Å². The van der Waals surface area contributed by atoms with Gasteiger partial charge in [0.2, 0.25) is 0 Å². The Kier molecular flexibility index (Phi) is 4.77. The molecule has 0 bridgehead atoms. The number of hydrogen-bond acceptors (Lipinski definition) is 3. The van der Waals surface area contributed by atoms with E-state index >= 15 is 0 Å². The Morgan fingerprint density at radius 3 is 2.79 bits per heavy atom. The number of anilines is 1. The zero-order valence-corrected chi connectivity index (χ0v) is 11.6. The summed E-state index contributed by atoms with van der Waals surface area (Å²) in [4.78, 5) is 15.3. The van der Waals surface area contributed by atoms with Crippen LogP contribution < -0.4 is 11.1 Å². The smallest absolute Gasteiger partial charge is 0.252 e. The van der Waals surface area contributed by atoms with E-state index in [1.807, 2.05) is 6.07 Å². The molecule has 1 aromatic heterocycles. The van der Waals surface area contributed by atoms with Crippen LogP contribution in [0.4, 0.5) is 5.69 Å². The van der Waals surface area contributed by atoms with Gasteiger partial charge in [-0.25, -0.2) is 0 Å². The highest BCUT2D eigenvalue weighted by atomic mass is 16.1. The largest absolute Gasteiger partial charge is 0.382 e. The Hall–Kier alpha value is -1.58. The van der Waals surface area contributed by atoms with Gasteiger partial charge in [0, 0.05) is 18.4 Å². The molecule has 0 aromatic carbocycles. The van der Waals surface area contributed by atoms with Gasteiger partial charge in [0.25, 0.3) is 5.91 Å². The van der Waals surface area contributed by atoms with Crippen LogP contribution in [0.15, 0.2) is 18.5 Å². The van der Waals surface area contributed by atoms with Gasteiger partial charge < -0.3 is 11.1 Å². The van der Waals surface area contributed by atoms with Crippen LogP contribution in [-0.4, -0.2) is 16.9 Å². The van der Waals surface area contributed by atoms with Crippen molar-refractivity contribution in [2.45, 2.75) is 51.5 Å². The number of aromatic nitrogens is 1. The normalized spacial score (nSPS) is 23.0. The van der Waals surface area contributed by atoms with Crippen molar-refractivity contribution in [3.63, 3.8) is 0 Å². The second kappa shape index (κ2) is 6.55. The average molecular weight is 261 g/mol. The number of amides is 1. The van der Waals surface area contributed by atoms with Crippen LogP contribution in [-0.2, 0) is 0 Å². The topological polar surface area (TPSA) is 68.0 Å². The summed E-state index contributed by atoms with van der Waals surface area (Å²) < 4.78 is 0. The van der Waals surface area contributed by atoms with Crippen LogP contribution in [0.2, 0.25) is 0 Å². The summed E-state index contributed by atoms with van der Waals surface area (Å²) >= 11 is 0. The Morgan fingerprint density at radius 2 is 2.16 bits per heavy atom. The second-order valence-electron chi connectivity index (χ2n) is 5.44. The van der Waals surface area contributed by atoms with E-state index in [1.165, 1.54) is 44.7 Å². The van der Waals surface area contributed by atoms with E-state index in [0.29, 0.717) is 11.6 Å². The predicted octanol–water partition coefficient (Wildman–Crippen LogP) is 2.95. The molecule has 1 aromatic rings. The molecule has 4 nitrogen and oxygen atoms in total. The fraction of sp³-hybridized carbons (Fsp3) is 0.600. The first-order chi connectivity index (χ1) is 9.20. The van der Waals surface area contributed by atoms with Crippen molar-refractivity contribution < 1.29 is 4.79 Å². The lowest BCUT2D eigenvalue weighted by Crippen LogP contribution is -2.27. The van der Waals surface area contributed by atoms with Gasteiger partial charge >= 0.3 is 0 Å².